The number of amides is 1. The van der Waals surface area contributed by atoms with Crippen molar-refractivity contribution in [1.29, 1.82) is 0 Å². The number of hydrogen-bond acceptors (Lipinski definition) is 6. The number of carbonyl (C=O) groups excluding carboxylic acids is 1. The lowest BCUT2D eigenvalue weighted by Gasteiger charge is -2.34. The molecule has 7 nitrogen and oxygen atoms in total. The van der Waals surface area contributed by atoms with Crippen molar-refractivity contribution in [3.8, 4) is 11.4 Å². The van der Waals surface area contributed by atoms with Gasteiger partial charge in [-0.25, -0.2) is 0 Å². The normalized spacial score (nSPS) is 14.7. The van der Waals surface area contributed by atoms with Gasteiger partial charge in [0.2, 0.25) is 17.6 Å². The van der Waals surface area contributed by atoms with Gasteiger partial charge in [0.15, 0.2) is 0 Å². The fraction of sp³-hybridized carbons (Fsp3) is 0.417. The lowest BCUT2D eigenvalue weighted by atomic mass is 10.1. The topological polar surface area (TPSA) is 75.4 Å². The Kier molecular flexibility index (Phi) is 7.04. The molecular formula is C24H29N5O2. The summed E-state index contributed by atoms with van der Waals surface area (Å²) in [5.74, 6) is 1.57. The van der Waals surface area contributed by atoms with Gasteiger partial charge in [0.1, 0.15) is 0 Å². The van der Waals surface area contributed by atoms with E-state index in [1.165, 1.54) is 5.56 Å². The molecule has 4 rings (SSSR count). The SMILES string of the molecule is Cc1ccc(-c2noc(CCCN3CCN(C(=O)CCc4ccncc4)CC3)n2)cc1. The van der Waals surface area contributed by atoms with Gasteiger partial charge < -0.3 is 9.42 Å². The molecule has 0 atom stereocenters. The smallest absolute Gasteiger partial charge is 0.227 e. The average molecular weight is 420 g/mol. The molecule has 162 valence electrons. The van der Waals surface area contributed by atoms with Crippen LogP contribution in [0.2, 0.25) is 0 Å². The molecule has 3 heterocycles. The van der Waals surface area contributed by atoms with E-state index in [0.29, 0.717) is 18.1 Å². The van der Waals surface area contributed by atoms with Crippen molar-refractivity contribution < 1.29 is 9.32 Å². The Bertz CT molecular complexity index is 963. The standard InChI is InChI=1S/C24H29N5O2/c1-19-4-7-21(8-5-19)24-26-22(31-27-24)3-2-14-28-15-17-29(18-16-28)23(30)9-6-20-10-12-25-13-11-20/h4-5,7-8,10-13H,2-3,6,9,14-18H2,1H3. The fourth-order valence-corrected chi connectivity index (χ4v) is 3.81. The summed E-state index contributed by atoms with van der Waals surface area (Å²) in [5.41, 5.74) is 3.35. The van der Waals surface area contributed by atoms with Gasteiger partial charge in [-0.2, -0.15) is 4.98 Å². The van der Waals surface area contributed by atoms with Crippen molar-refractivity contribution in [2.75, 3.05) is 32.7 Å². The zero-order valence-electron chi connectivity index (χ0n) is 18.0. The number of nitrogens with zero attached hydrogens (tertiary/aromatic N) is 5. The van der Waals surface area contributed by atoms with Crippen LogP contribution in [0.25, 0.3) is 11.4 Å². The molecule has 1 fully saturated rings. The Balaban J connectivity index is 1.15. The van der Waals surface area contributed by atoms with E-state index in [9.17, 15) is 4.79 Å². The molecule has 1 amide bonds. The number of hydrogen-bond donors (Lipinski definition) is 0. The van der Waals surface area contributed by atoms with Crippen LogP contribution >= 0.6 is 0 Å². The third-order valence-corrected chi connectivity index (χ3v) is 5.74. The van der Waals surface area contributed by atoms with Gasteiger partial charge in [0.05, 0.1) is 0 Å². The summed E-state index contributed by atoms with van der Waals surface area (Å²) >= 11 is 0. The zero-order chi connectivity index (χ0) is 21.5. The largest absolute Gasteiger partial charge is 0.340 e. The summed E-state index contributed by atoms with van der Waals surface area (Å²) < 4.78 is 5.41. The monoisotopic (exact) mass is 419 g/mol. The van der Waals surface area contributed by atoms with Crippen LogP contribution in [-0.2, 0) is 17.6 Å². The van der Waals surface area contributed by atoms with Gasteiger partial charge >= 0.3 is 0 Å². The predicted octanol–water partition coefficient (Wildman–Crippen LogP) is 3.15. The van der Waals surface area contributed by atoms with Crippen LogP contribution in [0.15, 0.2) is 53.3 Å². The van der Waals surface area contributed by atoms with Crippen molar-refractivity contribution >= 4 is 5.91 Å². The minimum atomic E-state index is 0.242. The second-order valence-corrected chi connectivity index (χ2v) is 8.06. The van der Waals surface area contributed by atoms with E-state index in [4.69, 9.17) is 4.52 Å². The maximum absolute atomic E-state index is 12.5. The summed E-state index contributed by atoms with van der Waals surface area (Å²) in [7, 11) is 0. The minimum Gasteiger partial charge on any atom is -0.340 e. The maximum Gasteiger partial charge on any atom is 0.227 e. The highest BCUT2D eigenvalue weighted by Crippen LogP contribution is 2.17. The van der Waals surface area contributed by atoms with E-state index in [1.54, 1.807) is 12.4 Å². The quantitative estimate of drug-likeness (QED) is 0.558. The zero-order valence-corrected chi connectivity index (χ0v) is 18.0. The summed E-state index contributed by atoms with van der Waals surface area (Å²) in [4.78, 5) is 25.4. The number of rotatable bonds is 8. The van der Waals surface area contributed by atoms with Gasteiger partial charge in [0, 0.05) is 57.0 Å². The molecule has 1 aliphatic rings. The van der Waals surface area contributed by atoms with E-state index < -0.39 is 0 Å². The predicted molar refractivity (Wildman–Crippen MR) is 118 cm³/mol. The number of aromatic nitrogens is 3. The number of carbonyl (C=O) groups is 1. The molecule has 3 aromatic rings. The second kappa shape index (κ2) is 10.3. The van der Waals surface area contributed by atoms with Gasteiger partial charge in [-0.1, -0.05) is 35.0 Å². The van der Waals surface area contributed by atoms with Gasteiger partial charge in [-0.05, 0) is 44.0 Å². The molecule has 0 radical (unpaired) electrons. The first kappa shape index (κ1) is 21.2. The number of aryl methyl sites for hydroxylation is 3. The Morgan fingerprint density at radius 3 is 2.48 bits per heavy atom. The molecule has 2 aromatic heterocycles. The third kappa shape index (κ3) is 5.98. The van der Waals surface area contributed by atoms with Crippen LogP contribution < -0.4 is 0 Å². The molecule has 1 aromatic carbocycles. The molecule has 0 saturated carbocycles. The summed E-state index contributed by atoms with van der Waals surface area (Å²) in [5, 5.41) is 4.10. The molecule has 1 aliphatic heterocycles. The molecule has 7 heteroatoms. The van der Waals surface area contributed by atoms with Crippen LogP contribution in [-0.4, -0.2) is 63.6 Å². The average Bonchev–Trinajstić information content (AvgIpc) is 3.28. The van der Waals surface area contributed by atoms with E-state index in [2.05, 4.69) is 39.1 Å². The third-order valence-electron chi connectivity index (χ3n) is 5.74. The van der Waals surface area contributed by atoms with Crippen molar-refractivity contribution in [3.63, 3.8) is 0 Å². The molecule has 0 spiro atoms. The first-order valence-electron chi connectivity index (χ1n) is 11.0. The van der Waals surface area contributed by atoms with Crippen LogP contribution in [0.4, 0.5) is 0 Å². The van der Waals surface area contributed by atoms with Crippen LogP contribution in [0.5, 0.6) is 0 Å². The van der Waals surface area contributed by atoms with Crippen LogP contribution in [0.1, 0.15) is 29.9 Å². The highest BCUT2D eigenvalue weighted by Gasteiger charge is 2.20. The van der Waals surface area contributed by atoms with Crippen LogP contribution in [0, 0.1) is 6.92 Å². The van der Waals surface area contributed by atoms with Gasteiger partial charge in [0.25, 0.3) is 0 Å². The van der Waals surface area contributed by atoms with Gasteiger partial charge in [-0.3, -0.25) is 14.7 Å². The molecule has 31 heavy (non-hydrogen) atoms. The molecule has 0 aliphatic carbocycles. The van der Waals surface area contributed by atoms with Crippen molar-refractivity contribution in [3.05, 3.63) is 65.8 Å². The summed E-state index contributed by atoms with van der Waals surface area (Å²) in [6.45, 7) is 6.46. The Morgan fingerprint density at radius 1 is 1.00 bits per heavy atom. The fourth-order valence-electron chi connectivity index (χ4n) is 3.81. The molecule has 0 bridgehead atoms. The summed E-state index contributed by atoms with van der Waals surface area (Å²) in [6.07, 6.45) is 6.61. The number of pyridine rings is 1. The minimum absolute atomic E-state index is 0.242. The maximum atomic E-state index is 12.5. The Labute approximate surface area is 183 Å². The van der Waals surface area contributed by atoms with E-state index in [-0.39, 0.29) is 5.91 Å². The first-order chi connectivity index (χ1) is 15.2. The molecule has 1 saturated heterocycles. The molecular weight excluding hydrogens is 390 g/mol. The van der Waals surface area contributed by atoms with E-state index in [0.717, 1.165) is 63.1 Å². The Morgan fingerprint density at radius 2 is 1.74 bits per heavy atom. The first-order valence-corrected chi connectivity index (χ1v) is 11.0. The van der Waals surface area contributed by atoms with E-state index >= 15 is 0 Å². The number of benzene rings is 1. The van der Waals surface area contributed by atoms with Gasteiger partial charge in [-0.15, -0.1) is 0 Å². The second-order valence-electron chi connectivity index (χ2n) is 8.06. The van der Waals surface area contributed by atoms with Crippen molar-refractivity contribution in [2.24, 2.45) is 0 Å². The van der Waals surface area contributed by atoms with E-state index in [1.807, 2.05) is 29.2 Å². The highest BCUT2D eigenvalue weighted by atomic mass is 16.5. The lowest BCUT2D eigenvalue weighted by molar-refractivity contribution is -0.132. The molecule has 0 N–H and O–H groups in total. The Hall–Kier alpha value is -3.06. The highest BCUT2D eigenvalue weighted by molar-refractivity contribution is 5.76. The van der Waals surface area contributed by atoms with Crippen LogP contribution in [0.3, 0.4) is 0 Å². The number of piperazine rings is 1. The summed E-state index contributed by atoms with van der Waals surface area (Å²) in [6, 6.07) is 12.1. The lowest BCUT2D eigenvalue weighted by Crippen LogP contribution is -2.48. The molecule has 0 unspecified atom stereocenters. The van der Waals surface area contributed by atoms with Crippen molar-refractivity contribution in [2.45, 2.75) is 32.6 Å². The van der Waals surface area contributed by atoms with Crippen molar-refractivity contribution in [1.82, 2.24) is 24.9 Å².